The van der Waals surface area contributed by atoms with Crippen molar-refractivity contribution in [3.63, 3.8) is 0 Å². The maximum Gasteiger partial charge on any atom is 0.339 e. The summed E-state index contributed by atoms with van der Waals surface area (Å²) in [6, 6.07) is 0. The first-order valence-electron chi connectivity index (χ1n) is 6.94. The van der Waals surface area contributed by atoms with E-state index in [0.717, 1.165) is 19.3 Å². The van der Waals surface area contributed by atoms with Crippen LogP contribution in [0.3, 0.4) is 0 Å². The maximum atomic E-state index is 11.1. The fourth-order valence-electron chi connectivity index (χ4n) is 2.97. The van der Waals surface area contributed by atoms with Gasteiger partial charge in [-0.2, -0.15) is 0 Å². The fraction of sp³-hybridized carbons (Fsp3) is 0.643. The highest BCUT2D eigenvalue weighted by Crippen LogP contribution is 2.32. The van der Waals surface area contributed by atoms with Gasteiger partial charge >= 0.3 is 5.97 Å². The molecule has 1 heterocycles. The van der Waals surface area contributed by atoms with Crippen LogP contribution >= 0.6 is 0 Å². The van der Waals surface area contributed by atoms with Gasteiger partial charge in [0, 0.05) is 18.3 Å². The van der Waals surface area contributed by atoms with Crippen LogP contribution in [-0.4, -0.2) is 38.3 Å². The van der Waals surface area contributed by atoms with Gasteiger partial charge < -0.3 is 15.5 Å². The topological polar surface area (TPSA) is 95.3 Å². The van der Waals surface area contributed by atoms with E-state index in [4.69, 9.17) is 5.11 Å². The first-order valence-corrected chi connectivity index (χ1v) is 6.94. The molecule has 0 aromatic carbocycles. The van der Waals surface area contributed by atoms with E-state index >= 15 is 0 Å². The van der Waals surface area contributed by atoms with Gasteiger partial charge in [0.25, 0.3) is 0 Å². The van der Waals surface area contributed by atoms with Crippen molar-refractivity contribution in [1.82, 2.24) is 15.3 Å². The second kappa shape index (κ2) is 6.28. The summed E-state index contributed by atoms with van der Waals surface area (Å²) in [7, 11) is 0. The third kappa shape index (κ3) is 3.32. The lowest BCUT2D eigenvalue weighted by Gasteiger charge is -2.39. The molecule has 0 spiro atoms. The summed E-state index contributed by atoms with van der Waals surface area (Å²) < 4.78 is 0. The molecule has 1 aliphatic rings. The normalized spacial score (nSPS) is 26.4. The van der Waals surface area contributed by atoms with Gasteiger partial charge in [0.2, 0.25) is 0 Å². The highest BCUT2D eigenvalue weighted by atomic mass is 16.4. The number of aliphatic hydroxyl groups is 1. The predicted molar refractivity (Wildman–Crippen MR) is 73.3 cm³/mol. The van der Waals surface area contributed by atoms with Gasteiger partial charge in [-0.05, 0) is 18.8 Å². The number of nitrogens with zero attached hydrogens (tertiary/aromatic N) is 2. The number of aromatic nitrogens is 2. The first-order chi connectivity index (χ1) is 9.56. The summed E-state index contributed by atoms with van der Waals surface area (Å²) in [5, 5.41) is 22.1. The van der Waals surface area contributed by atoms with E-state index in [1.165, 1.54) is 18.9 Å². The number of rotatable bonds is 5. The van der Waals surface area contributed by atoms with E-state index in [1.807, 2.05) is 0 Å². The molecular weight excluding hydrogens is 258 g/mol. The summed E-state index contributed by atoms with van der Waals surface area (Å²) in [6.07, 6.45) is 6.71. The molecular formula is C14H21N3O3. The predicted octanol–water partition coefficient (Wildman–Crippen LogP) is 1.21. The van der Waals surface area contributed by atoms with Gasteiger partial charge in [0.05, 0.1) is 12.3 Å². The minimum atomic E-state index is -1.03. The molecule has 0 aliphatic heterocycles. The van der Waals surface area contributed by atoms with Crippen molar-refractivity contribution in [3.05, 3.63) is 23.8 Å². The van der Waals surface area contributed by atoms with Crippen molar-refractivity contribution in [1.29, 1.82) is 0 Å². The smallest absolute Gasteiger partial charge is 0.339 e. The standard InChI is InChI=1S/C14H21N3O3/c1-10-3-2-4-14(5-10,8-18)17-7-12-11(13(19)20)6-15-9-16-12/h6,9-10,17-18H,2-5,7-8H2,1H3,(H,19,20). The van der Waals surface area contributed by atoms with Gasteiger partial charge in [0.1, 0.15) is 11.9 Å². The highest BCUT2D eigenvalue weighted by Gasteiger charge is 2.34. The number of aliphatic hydroxyl groups excluding tert-OH is 1. The van der Waals surface area contributed by atoms with E-state index in [9.17, 15) is 9.90 Å². The Balaban J connectivity index is 2.09. The third-order valence-corrected chi connectivity index (χ3v) is 4.05. The Morgan fingerprint density at radius 3 is 3.05 bits per heavy atom. The van der Waals surface area contributed by atoms with Crippen LogP contribution in [0.4, 0.5) is 0 Å². The van der Waals surface area contributed by atoms with Crippen LogP contribution in [0.2, 0.25) is 0 Å². The minimum Gasteiger partial charge on any atom is -0.478 e. The molecule has 1 saturated carbocycles. The molecule has 1 aromatic rings. The zero-order valence-electron chi connectivity index (χ0n) is 11.7. The van der Waals surface area contributed by atoms with Crippen LogP contribution in [0.15, 0.2) is 12.5 Å². The van der Waals surface area contributed by atoms with E-state index in [-0.39, 0.29) is 17.7 Å². The Hall–Kier alpha value is -1.53. The first kappa shape index (κ1) is 14.9. The summed E-state index contributed by atoms with van der Waals surface area (Å²) in [5.74, 6) is -0.467. The van der Waals surface area contributed by atoms with Crippen LogP contribution < -0.4 is 5.32 Å². The highest BCUT2D eigenvalue weighted by molar-refractivity contribution is 5.88. The van der Waals surface area contributed by atoms with Crippen molar-refractivity contribution in [2.45, 2.75) is 44.7 Å². The minimum absolute atomic E-state index is 0.0603. The average Bonchev–Trinajstić information content (AvgIpc) is 2.45. The van der Waals surface area contributed by atoms with Crippen molar-refractivity contribution in [2.75, 3.05) is 6.61 Å². The van der Waals surface area contributed by atoms with Gasteiger partial charge in [-0.25, -0.2) is 14.8 Å². The largest absolute Gasteiger partial charge is 0.478 e. The Kier molecular flexibility index (Phi) is 4.67. The number of nitrogens with one attached hydrogen (secondary N) is 1. The number of carboxylic acid groups (broad SMARTS) is 1. The van der Waals surface area contributed by atoms with Crippen molar-refractivity contribution >= 4 is 5.97 Å². The van der Waals surface area contributed by atoms with Crippen molar-refractivity contribution in [2.24, 2.45) is 5.92 Å². The Bertz CT molecular complexity index is 480. The molecule has 1 fully saturated rings. The number of hydrogen-bond donors (Lipinski definition) is 3. The second-order valence-electron chi connectivity index (χ2n) is 5.68. The molecule has 0 bridgehead atoms. The van der Waals surface area contributed by atoms with Crippen molar-refractivity contribution < 1.29 is 15.0 Å². The summed E-state index contributed by atoms with van der Waals surface area (Å²) in [5.41, 5.74) is 0.244. The van der Waals surface area contributed by atoms with E-state index < -0.39 is 5.97 Å². The van der Waals surface area contributed by atoms with Crippen LogP contribution in [0, 0.1) is 5.92 Å². The Labute approximate surface area is 118 Å². The van der Waals surface area contributed by atoms with E-state index in [2.05, 4.69) is 22.2 Å². The van der Waals surface area contributed by atoms with Crippen molar-refractivity contribution in [3.8, 4) is 0 Å². The molecule has 110 valence electrons. The van der Waals surface area contributed by atoms with Crippen LogP contribution in [0.1, 0.15) is 48.7 Å². The molecule has 0 radical (unpaired) electrons. The molecule has 0 amide bonds. The molecule has 2 rings (SSSR count). The Morgan fingerprint density at radius 2 is 2.40 bits per heavy atom. The van der Waals surface area contributed by atoms with E-state index in [1.54, 1.807) is 0 Å². The number of aromatic carboxylic acids is 1. The number of hydrogen-bond acceptors (Lipinski definition) is 5. The molecule has 20 heavy (non-hydrogen) atoms. The van der Waals surface area contributed by atoms with Gasteiger partial charge in [-0.1, -0.05) is 19.8 Å². The molecule has 2 atom stereocenters. The molecule has 6 nitrogen and oxygen atoms in total. The molecule has 0 saturated heterocycles. The SMILES string of the molecule is CC1CCCC(CO)(NCc2ncncc2C(=O)O)C1. The fourth-order valence-corrected chi connectivity index (χ4v) is 2.97. The monoisotopic (exact) mass is 279 g/mol. The number of carbonyl (C=O) groups is 1. The summed E-state index contributed by atoms with van der Waals surface area (Å²) in [6.45, 7) is 2.57. The molecule has 6 heteroatoms. The lowest BCUT2D eigenvalue weighted by molar-refractivity contribution is 0.0692. The molecule has 1 aliphatic carbocycles. The zero-order chi connectivity index (χ0) is 14.6. The maximum absolute atomic E-state index is 11.1. The van der Waals surface area contributed by atoms with Gasteiger partial charge in [0.15, 0.2) is 0 Å². The third-order valence-electron chi connectivity index (χ3n) is 4.05. The quantitative estimate of drug-likeness (QED) is 0.749. The average molecular weight is 279 g/mol. The Morgan fingerprint density at radius 1 is 1.60 bits per heavy atom. The van der Waals surface area contributed by atoms with E-state index in [0.29, 0.717) is 18.2 Å². The molecule has 1 aromatic heterocycles. The summed E-state index contributed by atoms with van der Waals surface area (Å²) in [4.78, 5) is 18.9. The zero-order valence-corrected chi connectivity index (χ0v) is 11.7. The lowest BCUT2D eigenvalue weighted by Crippen LogP contribution is -2.51. The van der Waals surface area contributed by atoms with Crippen LogP contribution in [-0.2, 0) is 6.54 Å². The van der Waals surface area contributed by atoms with Crippen LogP contribution in [0.5, 0.6) is 0 Å². The summed E-state index contributed by atoms with van der Waals surface area (Å²) >= 11 is 0. The van der Waals surface area contributed by atoms with Gasteiger partial charge in [-0.15, -0.1) is 0 Å². The lowest BCUT2D eigenvalue weighted by atomic mass is 9.77. The second-order valence-corrected chi connectivity index (χ2v) is 5.68. The van der Waals surface area contributed by atoms with Crippen LogP contribution in [0.25, 0.3) is 0 Å². The molecule has 2 unspecified atom stereocenters. The number of carboxylic acids is 1. The van der Waals surface area contributed by atoms with Gasteiger partial charge in [-0.3, -0.25) is 0 Å². The molecule has 3 N–H and O–H groups in total.